The molecule has 3 rings (SSSR count). The van der Waals surface area contributed by atoms with Crippen molar-refractivity contribution in [1.29, 1.82) is 0 Å². The Morgan fingerprint density at radius 2 is 1.72 bits per heavy atom. The number of hydrogen-bond donors (Lipinski definition) is 0. The van der Waals surface area contributed by atoms with E-state index in [1.165, 1.54) is 0 Å². The zero-order valence-corrected chi connectivity index (χ0v) is 11.0. The molecule has 0 aliphatic carbocycles. The van der Waals surface area contributed by atoms with Crippen molar-refractivity contribution in [2.45, 2.75) is 63.9 Å². The minimum absolute atomic E-state index is 0.128. The Morgan fingerprint density at radius 1 is 1.00 bits per heavy atom. The third-order valence-electron chi connectivity index (χ3n) is 3.27. The van der Waals surface area contributed by atoms with E-state index in [0.717, 1.165) is 0 Å². The molecule has 0 N–H and O–H groups in total. The zero-order chi connectivity index (χ0) is 13.1. The van der Waals surface area contributed by atoms with Crippen LogP contribution in [-0.2, 0) is 28.5 Å². The Labute approximate surface area is 105 Å². The smallest absolute Gasteiger partial charge is 0.198 e. The van der Waals surface area contributed by atoms with E-state index in [4.69, 9.17) is 23.7 Å². The van der Waals surface area contributed by atoms with Crippen LogP contribution in [0.3, 0.4) is 0 Å². The fourth-order valence-corrected chi connectivity index (χ4v) is 2.53. The molecule has 3 heterocycles. The third kappa shape index (κ3) is 1.98. The molecule has 3 aliphatic rings. The van der Waals surface area contributed by atoms with E-state index in [-0.39, 0.29) is 5.78 Å². The van der Waals surface area contributed by atoms with E-state index >= 15 is 0 Å². The molecular weight excluding hydrogens is 240 g/mol. The Kier molecular flexibility index (Phi) is 2.60. The second-order valence-electron chi connectivity index (χ2n) is 5.75. The summed E-state index contributed by atoms with van der Waals surface area (Å²) in [6.45, 7) is 7.48. The van der Waals surface area contributed by atoms with Crippen LogP contribution >= 0.6 is 0 Å². The molecule has 3 fully saturated rings. The van der Waals surface area contributed by atoms with Gasteiger partial charge in [0.2, 0.25) is 0 Å². The van der Waals surface area contributed by atoms with E-state index < -0.39 is 36.2 Å². The van der Waals surface area contributed by atoms with Crippen LogP contribution in [0.25, 0.3) is 0 Å². The molecule has 2 unspecified atom stereocenters. The lowest BCUT2D eigenvalue weighted by atomic mass is 10.1. The number of ketones is 1. The molecule has 0 amide bonds. The topological polar surface area (TPSA) is 63.2 Å². The lowest BCUT2D eigenvalue weighted by molar-refractivity contribution is -0.219. The molecule has 0 bridgehead atoms. The Balaban J connectivity index is 1.70. The molecule has 4 atom stereocenters. The molecule has 6 heteroatoms. The van der Waals surface area contributed by atoms with E-state index in [0.29, 0.717) is 6.61 Å². The first-order chi connectivity index (χ1) is 8.27. The van der Waals surface area contributed by atoms with Gasteiger partial charge in [-0.1, -0.05) is 0 Å². The summed E-state index contributed by atoms with van der Waals surface area (Å²) in [6, 6.07) is 0. The first-order valence-electron chi connectivity index (χ1n) is 6.14. The SMILES string of the molecule is CC1(C)OCC(C2O[C@@H]3OC(C)(C)O[C@@H]3C2=O)O1. The van der Waals surface area contributed by atoms with E-state index in [2.05, 4.69) is 0 Å². The second kappa shape index (κ2) is 3.74. The summed E-state index contributed by atoms with van der Waals surface area (Å²) in [7, 11) is 0. The highest BCUT2D eigenvalue weighted by atomic mass is 16.8. The van der Waals surface area contributed by atoms with Crippen molar-refractivity contribution in [3.8, 4) is 0 Å². The summed E-state index contributed by atoms with van der Waals surface area (Å²) in [4.78, 5) is 12.2. The molecule has 0 aromatic carbocycles. The van der Waals surface area contributed by atoms with Crippen LogP contribution in [0.2, 0.25) is 0 Å². The van der Waals surface area contributed by atoms with Crippen molar-refractivity contribution in [2.75, 3.05) is 6.61 Å². The first kappa shape index (κ1) is 12.5. The molecule has 0 aromatic heterocycles. The number of ether oxygens (including phenoxy) is 5. The molecule has 3 saturated heterocycles. The fraction of sp³-hybridized carbons (Fsp3) is 0.917. The van der Waals surface area contributed by atoms with Crippen LogP contribution in [0, 0.1) is 0 Å². The lowest BCUT2D eigenvalue weighted by Gasteiger charge is -2.23. The predicted molar refractivity (Wildman–Crippen MR) is 58.6 cm³/mol. The van der Waals surface area contributed by atoms with Crippen LogP contribution < -0.4 is 0 Å². The minimum Gasteiger partial charge on any atom is -0.348 e. The summed E-state index contributed by atoms with van der Waals surface area (Å²) < 4.78 is 27.7. The first-order valence-corrected chi connectivity index (χ1v) is 6.14. The predicted octanol–water partition coefficient (Wildman–Crippen LogP) is 0.583. The van der Waals surface area contributed by atoms with Crippen molar-refractivity contribution in [2.24, 2.45) is 0 Å². The Bertz CT molecular complexity index is 377. The molecular formula is C12H18O6. The van der Waals surface area contributed by atoms with Crippen molar-refractivity contribution in [1.82, 2.24) is 0 Å². The number of carbonyl (C=O) groups excluding carboxylic acids is 1. The second-order valence-corrected chi connectivity index (χ2v) is 5.75. The van der Waals surface area contributed by atoms with Crippen LogP contribution in [0.1, 0.15) is 27.7 Å². The van der Waals surface area contributed by atoms with E-state index in [1.54, 1.807) is 13.8 Å². The summed E-state index contributed by atoms with van der Waals surface area (Å²) in [6.07, 6.45) is -2.35. The molecule has 18 heavy (non-hydrogen) atoms. The maximum Gasteiger partial charge on any atom is 0.198 e. The lowest BCUT2D eigenvalue weighted by Crippen LogP contribution is -2.39. The average molecular weight is 258 g/mol. The van der Waals surface area contributed by atoms with Crippen LogP contribution in [0.4, 0.5) is 0 Å². The normalized spacial score (nSPS) is 45.4. The van der Waals surface area contributed by atoms with Crippen molar-refractivity contribution in [3.63, 3.8) is 0 Å². The monoisotopic (exact) mass is 258 g/mol. The largest absolute Gasteiger partial charge is 0.348 e. The summed E-state index contributed by atoms with van der Waals surface area (Å²) in [5.41, 5.74) is 0. The van der Waals surface area contributed by atoms with Gasteiger partial charge in [0.05, 0.1) is 6.61 Å². The molecule has 3 aliphatic heterocycles. The van der Waals surface area contributed by atoms with Gasteiger partial charge in [-0.3, -0.25) is 4.79 Å². The van der Waals surface area contributed by atoms with Crippen molar-refractivity contribution >= 4 is 5.78 Å². The standard InChI is InChI=1S/C12H18O6/c1-11(2)14-5-6(16-11)8-7(13)9-10(15-8)18-12(3,4)17-9/h6,8-10H,5H2,1-4H3/t6?,8?,9-,10-/m1/s1. The van der Waals surface area contributed by atoms with E-state index in [1.807, 2.05) is 13.8 Å². The fourth-order valence-electron chi connectivity index (χ4n) is 2.53. The molecule has 0 saturated carbocycles. The maximum absolute atomic E-state index is 12.2. The quantitative estimate of drug-likeness (QED) is 0.685. The zero-order valence-electron chi connectivity index (χ0n) is 11.0. The van der Waals surface area contributed by atoms with Gasteiger partial charge >= 0.3 is 0 Å². The molecule has 0 radical (unpaired) electrons. The summed E-state index contributed by atoms with van der Waals surface area (Å²) in [5, 5.41) is 0. The van der Waals surface area contributed by atoms with Crippen LogP contribution in [-0.4, -0.2) is 48.6 Å². The third-order valence-corrected chi connectivity index (χ3v) is 3.27. The van der Waals surface area contributed by atoms with Gasteiger partial charge in [0, 0.05) is 0 Å². The average Bonchev–Trinajstić information content (AvgIpc) is 2.81. The highest BCUT2D eigenvalue weighted by Crippen LogP contribution is 2.38. The summed E-state index contributed by atoms with van der Waals surface area (Å²) >= 11 is 0. The molecule has 0 spiro atoms. The summed E-state index contributed by atoms with van der Waals surface area (Å²) in [5.74, 6) is -1.58. The van der Waals surface area contributed by atoms with Gasteiger partial charge in [-0.15, -0.1) is 0 Å². The van der Waals surface area contributed by atoms with Crippen molar-refractivity contribution in [3.05, 3.63) is 0 Å². The Morgan fingerprint density at radius 3 is 2.28 bits per heavy atom. The molecule has 102 valence electrons. The van der Waals surface area contributed by atoms with Gasteiger partial charge in [-0.25, -0.2) is 0 Å². The van der Waals surface area contributed by atoms with E-state index in [9.17, 15) is 4.79 Å². The van der Waals surface area contributed by atoms with Gasteiger partial charge in [-0.05, 0) is 27.7 Å². The Hall–Kier alpha value is -0.530. The van der Waals surface area contributed by atoms with Gasteiger partial charge in [0.15, 0.2) is 35.9 Å². The van der Waals surface area contributed by atoms with Crippen molar-refractivity contribution < 1.29 is 28.5 Å². The van der Waals surface area contributed by atoms with Gasteiger partial charge in [0.1, 0.15) is 6.10 Å². The van der Waals surface area contributed by atoms with Gasteiger partial charge in [-0.2, -0.15) is 0 Å². The van der Waals surface area contributed by atoms with Gasteiger partial charge < -0.3 is 23.7 Å². The maximum atomic E-state index is 12.2. The number of hydrogen-bond acceptors (Lipinski definition) is 6. The highest BCUT2D eigenvalue weighted by Gasteiger charge is 2.57. The van der Waals surface area contributed by atoms with Crippen LogP contribution in [0.15, 0.2) is 0 Å². The number of fused-ring (bicyclic) bond motifs is 1. The van der Waals surface area contributed by atoms with Gasteiger partial charge in [0.25, 0.3) is 0 Å². The minimum atomic E-state index is -0.776. The van der Waals surface area contributed by atoms with Crippen LogP contribution in [0.5, 0.6) is 0 Å². The number of Topliss-reactive ketones (excluding diaryl/α,β-unsaturated/α-hetero) is 1. The number of carbonyl (C=O) groups is 1. The highest BCUT2D eigenvalue weighted by molar-refractivity contribution is 5.90. The molecule has 6 nitrogen and oxygen atoms in total. The molecule has 0 aromatic rings. The number of rotatable bonds is 1.